The van der Waals surface area contributed by atoms with Gasteiger partial charge in [0.15, 0.2) is 18.1 Å². The Morgan fingerprint density at radius 1 is 1.00 bits per heavy atom. The number of aromatic carboxylic acids is 1. The van der Waals surface area contributed by atoms with E-state index in [-0.39, 0.29) is 30.5 Å². The summed E-state index contributed by atoms with van der Waals surface area (Å²) in [5, 5.41) is 30.1. The van der Waals surface area contributed by atoms with Gasteiger partial charge >= 0.3 is 11.9 Å². The highest BCUT2D eigenvalue weighted by Crippen LogP contribution is 2.42. The third kappa shape index (κ3) is 4.09. The maximum atomic E-state index is 12.6. The Morgan fingerprint density at radius 2 is 1.81 bits per heavy atom. The van der Waals surface area contributed by atoms with E-state index in [1.54, 1.807) is 47.0 Å². The number of aliphatic carboxylic acids is 1. The summed E-state index contributed by atoms with van der Waals surface area (Å²) < 4.78 is 23.2. The van der Waals surface area contributed by atoms with Gasteiger partial charge in [-0.1, -0.05) is 6.07 Å². The molecule has 0 spiro atoms. The molecular weight excluding hydrogens is 470 g/mol. The van der Waals surface area contributed by atoms with Crippen LogP contribution in [-0.2, 0) is 11.3 Å². The third-order valence-corrected chi connectivity index (χ3v) is 5.86. The molecule has 3 N–H and O–H groups in total. The van der Waals surface area contributed by atoms with E-state index < -0.39 is 18.5 Å². The number of fused-ring (bicyclic) bond motifs is 2. The highest BCUT2D eigenvalue weighted by atomic mass is 16.7. The average Bonchev–Trinajstić information content (AvgIpc) is 3.45. The molecule has 0 aliphatic carbocycles. The number of methoxy groups -OCH3 is 1. The summed E-state index contributed by atoms with van der Waals surface area (Å²) in [7, 11) is 1.47. The molecule has 0 radical (unpaired) electrons. The zero-order valence-corrected chi connectivity index (χ0v) is 19.1. The van der Waals surface area contributed by atoms with Crippen molar-refractivity contribution in [3.05, 3.63) is 65.9 Å². The Balaban J connectivity index is 1.70. The lowest BCUT2D eigenvalue weighted by Gasteiger charge is -2.15. The van der Waals surface area contributed by atoms with E-state index in [4.69, 9.17) is 24.1 Å². The molecule has 10 nitrogen and oxygen atoms in total. The normalized spacial score (nSPS) is 12.0. The predicted octanol–water partition coefficient (Wildman–Crippen LogP) is 3.96. The van der Waals surface area contributed by atoms with Gasteiger partial charge in [-0.3, -0.25) is 0 Å². The van der Waals surface area contributed by atoms with Gasteiger partial charge in [-0.15, -0.1) is 0 Å². The summed E-state index contributed by atoms with van der Waals surface area (Å²) in [4.78, 5) is 23.7. The first kappa shape index (κ1) is 22.9. The van der Waals surface area contributed by atoms with E-state index >= 15 is 0 Å². The molecule has 0 amide bonds. The van der Waals surface area contributed by atoms with E-state index in [0.29, 0.717) is 44.8 Å². The molecule has 184 valence electrons. The number of phenols is 1. The zero-order chi connectivity index (χ0) is 25.4. The van der Waals surface area contributed by atoms with Crippen LogP contribution in [0.1, 0.15) is 16.1 Å². The van der Waals surface area contributed by atoms with E-state index in [1.165, 1.54) is 19.2 Å². The van der Waals surface area contributed by atoms with Crippen molar-refractivity contribution < 1.29 is 43.9 Å². The lowest BCUT2D eigenvalue weighted by Crippen LogP contribution is -2.14. The van der Waals surface area contributed by atoms with Gasteiger partial charge in [-0.2, -0.15) is 0 Å². The van der Waals surface area contributed by atoms with Crippen LogP contribution in [0.5, 0.6) is 28.7 Å². The van der Waals surface area contributed by atoms with E-state index in [1.807, 2.05) is 0 Å². The first-order valence-electron chi connectivity index (χ1n) is 10.9. The highest BCUT2D eigenvalue weighted by molar-refractivity contribution is 6.08. The molecule has 36 heavy (non-hydrogen) atoms. The Bertz CT molecular complexity index is 1510. The van der Waals surface area contributed by atoms with Crippen molar-refractivity contribution in [3.63, 3.8) is 0 Å². The van der Waals surface area contributed by atoms with Crippen molar-refractivity contribution in [2.24, 2.45) is 0 Å². The summed E-state index contributed by atoms with van der Waals surface area (Å²) in [6.07, 6.45) is 0. The molecule has 1 aromatic heterocycles. The van der Waals surface area contributed by atoms with Crippen molar-refractivity contribution in [1.82, 2.24) is 4.57 Å². The zero-order valence-electron chi connectivity index (χ0n) is 19.1. The number of aromatic nitrogens is 1. The molecule has 1 aliphatic rings. The minimum atomic E-state index is -1.18. The van der Waals surface area contributed by atoms with Crippen LogP contribution in [0.15, 0.2) is 54.6 Å². The summed E-state index contributed by atoms with van der Waals surface area (Å²) in [6, 6.07) is 14.7. The monoisotopic (exact) mass is 491 g/mol. The molecule has 0 unspecified atom stereocenters. The van der Waals surface area contributed by atoms with Crippen LogP contribution in [0, 0.1) is 0 Å². The molecule has 3 aromatic carbocycles. The number of hydrogen-bond donors (Lipinski definition) is 3. The average molecular weight is 491 g/mol. The number of carbonyl (C=O) groups is 2. The molecule has 10 heteroatoms. The molecule has 4 aromatic rings. The molecule has 2 heterocycles. The van der Waals surface area contributed by atoms with Crippen LogP contribution in [0.2, 0.25) is 0 Å². The fourth-order valence-corrected chi connectivity index (χ4v) is 4.31. The summed E-state index contributed by atoms with van der Waals surface area (Å²) >= 11 is 0. The number of nitrogens with zero attached hydrogens (tertiary/aromatic N) is 1. The maximum Gasteiger partial charge on any atom is 0.353 e. The lowest BCUT2D eigenvalue weighted by atomic mass is 10.0. The summed E-state index contributed by atoms with van der Waals surface area (Å²) in [5.41, 5.74) is 2.05. The van der Waals surface area contributed by atoms with Crippen molar-refractivity contribution in [3.8, 4) is 39.9 Å². The summed E-state index contributed by atoms with van der Waals surface area (Å²) in [6.45, 7) is -0.454. The van der Waals surface area contributed by atoms with Crippen LogP contribution in [-0.4, -0.2) is 52.3 Å². The molecule has 1 aliphatic heterocycles. The standard InChI is InChI=1S/C26H21NO9/c1-33-17-5-2-15(21(10-17)34-12-23(29)30)11-27-19-6-4-16(28)9-18(19)24(25(27)26(31)32)14-3-7-20-22(8-14)36-13-35-20/h2-10,28H,11-13H2,1H3,(H,29,30)(H,31,32). The maximum absolute atomic E-state index is 12.6. The predicted molar refractivity (Wildman–Crippen MR) is 127 cm³/mol. The van der Waals surface area contributed by atoms with Gasteiger partial charge in [-0.25, -0.2) is 9.59 Å². The molecule has 0 saturated heterocycles. The quantitative estimate of drug-likeness (QED) is 0.334. The number of aromatic hydroxyl groups is 1. The van der Waals surface area contributed by atoms with Crippen molar-refractivity contribution >= 4 is 22.8 Å². The number of carboxylic acid groups (broad SMARTS) is 2. The van der Waals surface area contributed by atoms with Gasteiger partial charge in [-0.05, 0) is 48.0 Å². The van der Waals surface area contributed by atoms with Crippen LogP contribution in [0.4, 0.5) is 0 Å². The summed E-state index contributed by atoms with van der Waals surface area (Å²) in [5.74, 6) is -0.597. The number of benzene rings is 3. The fraction of sp³-hybridized carbons (Fsp3) is 0.154. The third-order valence-electron chi connectivity index (χ3n) is 5.86. The van der Waals surface area contributed by atoms with Crippen LogP contribution >= 0.6 is 0 Å². The van der Waals surface area contributed by atoms with E-state index in [9.17, 15) is 19.8 Å². The number of ether oxygens (including phenoxy) is 4. The van der Waals surface area contributed by atoms with Crippen molar-refractivity contribution in [2.75, 3.05) is 20.5 Å². The van der Waals surface area contributed by atoms with Gasteiger partial charge in [0.25, 0.3) is 0 Å². The fourth-order valence-electron chi connectivity index (χ4n) is 4.31. The molecule has 0 fully saturated rings. The first-order valence-corrected chi connectivity index (χ1v) is 10.9. The number of hydrogen-bond acceptors (Lipinski definition) is 7. The Hall–Kier alpha value is -4.86. The molecule has 0 saturated carbocycles. The Labute approximate surface area is 204 Å². The smallest absolute Gasteiger partial charge is 0.353 e. The minimum Gasteiger partial charge on any atom is -0.508 e. The minimum absolute atomic E-state index is 0.0190. The van der Waals surface area contributed by atoms with Crippen molar-refractivity contribution in [2.45, 2.75) is 6.54 Å². The molecule has 0 bridgehead atoms. The van der Waals surface area contributed by atoms with Gasteiger partial charge in [0.05, 0.1) is 13.7 Å². The second kappa shape index (κ2) is 9.06. The van der Waals surface area contributed by atoms with Gasteiger partial charge < -0.3 is 38.8 Å². The van der Waals surface area contributed by atoms with Gasteiger partial charge in [0.2, 0.25) is 6.79 Å². The molecule has 0 atom stereocenters. The highest BCUT2D eigenvalue weighted by Gasteiger charge is 2.26. The number of rotatable bonds is 8. The first-order chi connectivity index (χ1) is 17.4. The van der Waals surface area contributed by atoms with Crippen LogP contribution in [0.25, 0.3) is 22.0 Å². The van der Waals surface area contributed by atoms with Crippen LogP contribution in [0.3, 0.4) is 0 Å². The van der Waals surface area contributed by atoms with Gasteiger partial charge in [0, 0.05) is 28.1 Å². The van der Waals surface area contributed by atoms with E-state index in [0.717, 1.165) is 0 Å². The molecule has 5 rings (SSSR count). The Morgan fingerprint density at radius 3 is 2.56 bits per heavy atom. The Kier molecular flexibility index (Phi) is 5.77. The number of carboxylic acids is 2. The van der Waals surface area contributed by atoms with Crippen molar-refractivity contribution in [1.29, 1.82) is 0 Å². The van der Waals surface area contributed by atoms with E-state index in [2.05, 4.69) is 0 Å². The second-order valence-electron chi connectivity index (χ2n) is 8.04. The topological polar surface area (TPSA) is 137 Å². The van der Waals surface area contributed by atoms with Gasteiger partial charge in [0.1, 0.15) is 22.9 Å². The van der Waals surface area contributed by atoms with Crippen LogP contribution < -0.4 is 18.9 Å². The lowest BCUT2D eigenvalue weighted by molar-refractivity contribution is -0.139. The second-order valence-corrected chi connectivity index (χ2v) is 8.04. The largest absolute Gasteiger partial charge is 0.508 e. The SMILES string of the molecule is COc1ccc(Cn2c(C(=O)O)c(-c3ccc4c(c3)OCO4)c3cc(O)ccc32)c(OCC(=O)O)c1. The molecular formula is C26H21NO9. The number of phenolic OH excluding ortho intramolecular Hbond substituents is 1.